The van der Waals surface area contributed by atoms with Crippen molar-refractivity contribution in [2.45, 2.75) is 6.92 Å². The van der Waals surface area contributed by atoms with Crippen molar-refractivity contribution in [3.8, 4) is 0 Å². The van der Waals surface area contributed by atoms with Crippen LogP contribution in [0.5, 0.6) is 0 Å². The highest BCUT2D eigenvalue weighted by Gasteiger charge is 1.99. The van der Waals surface area contributed by atoms with Crippen LogP contribution in [0.2, 0.25) is 0 Å². The van der Waals surface area contributed by atoms with E-state index >= 15 is 0 Å². The molecule has 0 aliphatic carbocycles. The van der Waals surface area contributed by atoms with Gasteiger partial charge in [-0.05, 0) is 47.2 Å². The van der Waals surface area contributed by atoms with Crippen LogP contribution in [-0.4, -0.2) is 9.97 Å². The molecule has 3 heteroatoms. The number of rotatable bonds is 0. The van der Waals surface area contributed by atoms with Crippen LogP contribution in [0.25, 0.3) is 11.0 Å². The summed E-state index contributed by atoms with van der Waals surface area (Å²) < 4.78 is 1.14. The number of nitrogens with one attached hydrogen (secondary N) is 1. The largest absolute Gasteiger partial charge is 0.348 e. The number of aryl methyl sites for hydroxylation is 1. The molecular weight excluding hydrogens is 251 g/mol. The highest BCUT2D eigenvalue weighted by molar-refractivity contribution is 14.1. The molecule has 0 amide bonds. The van der Waals surface area contributed by atoms with Gasteiger partial charge < -0.3 is 4.98 Å². The second kappa shape index (κ2) is 2.48. The maximum Gasteiger partial charge on any atom is 0.0892 e. The van der Waals surface area contributed by atoms with Gasteiger partial charge >= 0.3 is 0 Å². The van der Waals surface area contributed by atoms with Crippen LogP contribution in [-0.2, 0) is 0 Å². The Hall–Kier alpha value is -0.580. The molecule has 11 heavy (non-hydrogen) atoms. The molecule has 2 aromatic heterocycles. The first-order chi connectivity index (χ1) is 5.27. The zero-order valence-corrected chi connectivity index (χ0v) is 8.21. The van der Waals surface area contributed by atoms with Gasteiger partial charge in [0.25, 0.3) is 0 Å². The van der Waals surface area contributed by atoms with Crippen LogP contribution in [0.15, 0.2) is 18.3 Å². The zero-order valence-electron chi connectivity index (χ0n) is 6.06. The van der Waals surface area contributed by atoms with Crippen molar-refractivity contribution in [2.24, 2.45) is 0 Å². The maximum absolute atomic E-state index is 4.23. The molecule has 0 unspecified atom stereocenters. The Morgan fingerprint density at radius 2 is 2.36 bits per heavy atom. The number of halogens is 1. The molecule has 2 rings (SSSR count). The molecule has 0 aliphatic heterocycles. The first-order valence-corrected chi connectivity index (χ1v) is 4.45. The smallest absolute Gasteiger partial charge is 0.0892 e. The van der Waals surface area contributed by atoms with Gasteiger partial charge in [0.05, 0.1) is 14.7 Å². The van der Waals surface area contributed by atoms with Crippen LogP contribution in [0.3, 0.4) is 0 Å². The summed E-state index contributed by atoms with van der Waals surface area (Å²) in [5, 5.41) is 0. The highest BCUT2D eigenvalue weighted by Crippen LogP contribution is 2.16. The van der Waals surface area contributed by atoms with Crippen molar-refractivity contribution in [1.82, 2.24) is 9.97 Å². The van der Waals surface area contributed by atoms with Crippen molar-refractivity contribution in [1.29, 1.82) is 0 Å². The van der Waals surface area contributed by atoms with E-state index in [0.717, 1.165) is 14.7 Å². The molecule has 0 atom stereocenters. The third kappa shape index (κ3) is 1.13. The van der Waals surface area contributed by atoms with Crippen LogP contribution >= 0.6 is 22.6 Å². The van der Waals surface area contributed by atoms with Crippen LogP contribution in [0.1, 0.15) is 5.56 Å². The topological polar surface area (TPSA) is 28.7 Å². The zero-order chi connectivity index (χ0) is 7.84. The Balaban J connectivity index is 2.90. The van der Waals surface area contributed by atoms with Crippen LogP contribution in [0, 0.1) is 10.6 Å². The fourth-order valence-corrected chi connectivity index (χ4v) is 1.69. The number of aromatic amines is 1. The second-order valence-corrected chi connectivity index (χ2v) is 3.67. The van der Waals surface area contributed by atoms with E-state index in [4.69, 9.17) is 0 Å². The van der Waals surface area contributed by atoms with Gasteiger partial charge in [-0.2, -0.15) is 0 Å². The number of hydrogen-bond acceptors (Lipinski definition) is 1. The first kappa shape index (κ1) is 7.09. The Bertz CT molecular complexity index is 392. The fourth-order valence-electron chi connectivity index (χ4n) is 1.13. The van der Waals surface area contributed by atoms with Gasteiger partial charge in [-0.3, -0.25) is 4.98 Å². The van der Waals surface area contributed by atoms with E-state index < -0.39 is 0 Å². The number of nitrogens with zero attached hydrogens (tertiary/aromatic N) is 1. The minimum Gasteiger partial charge on any atom is -0.348 e. The summed E-state index contributed by atoms with van der Waals surface area (Å²) in [6.45, 7) is 2.08. The van der Waals surface area contributed by atoms with Crippen molar-refractivity contribution in [3.63, 3.8) is 0 Å². The lowest BCUT2D eigenvalue weighted by atomic mass is 10.2. The SMILES string of the molecule is Cc1ccnc2cc(I)[nH]c12. The van der Waals surface area contributed by atoms with E-state index in [9.17, 15) is 0 Å². The average Bonchev–Trinajstić information content (AvgIpc) is 2.31. The number of aromatic nitrogens is 2. The molecule has 0 aromatic carbocycles. The summed E-state index contributed by atoms with van der Waals surface area (Å²) in [5.41, 5.74) is 3.45. The Labute approximate surface area is 78.2 Å². The molecule has 2 heterocycles. The summed E-state index contributed by atoms with van der Waals surface area (Å²) in [4.78, 5) is 7.48. The molecule has 2 aromatic rings. The predicted molar refractivity (Wildman–Crippen MR) is 53.5 cm³/mol. The number of hydrogen-bond donors (Lipinski definition) is 1. The lowest BCUT2D eigenvalue weighted by Gasteiger charge is -1.91. The number of pyridine rings is 1. The highest BCUT2D eigenvalue weighted by atomic mass is 127. The van der Waals surface area contributed by atoms with E-state index in [1.165, 1.54) is 5.56 Å². The van der Waals surface area contributed by atoms with Crippen molar-refractivity contribution >= 4 is 33.6 Å². The lowest BCUT2D eigenvalue weighted by Crippen LogP contribution is -1.77. The Morgan fingerprint density at radius 1 is 1.55 bits per heavy atom. The molecular formula is C8H7IN2. The second-order valence-electron chi connectivity index (χ2n) is 2.51. The van der Waals surface area contributed by atoms with E-state index in [1.54, 1.807) is 0 Å². The molecule has 0 radical (unpaired) electrons. The molecule has 0 saturated heterocycles. The lowest BCUT2D eigenvalue weighted by molar-refractivity contribution is 1.34. The van der Waals surface area contributed by atoms with Gasteiger partial charge in [0.15, 0.2) is 0 Å². The average molecular weight is 258 g/mol. The van der Waals surface area contributed by atoms with Gasteiger partial charge in [-0.15, -0.1) is 0 Å². The Kier molecular flexibility index (Phi) is 1.60. The standard InChI is InChI=1S/C8H7IN2/c1-5-2-3-10-6-4-7(9)11-8(5)6/h2-4,11H,1H3. The monoisotopic (exact) mass is 258 g/mol. The minimum absolute atomic E-state index is 1.05. The quantitative estimate of drug-likeness (QED) is 0.722. The summed E-state index contributed by atoms with van der Waals surface area (Å²) in [6, 6.07) is 4.05. The summed E-state index contributed by atoms with van der Waals surface area (Å²) in [7, 11) is 0. The van der Waals surface area contributed by atoms with Gasteiger partial charge in [0.1, 0.15) is 0 Å². The van der Waals surface area contributed by atoms with E-state index in [1.807, 2.05) is 18.3 Å². The van der Waals surface area contributed by atoms with E-state index in [0.29, 0.717) is 0 Å². The normalized spacial score (nSPS) is 10.7. The van der Waals surface area contributed by atoms with Crippen LogP contribution in [0.4, 0.5) is 0 Å². The third-order valence-electron chi connectivity index (χ3n) is 1.70. The molecule has 56 valence electrons. The molecule has 0 fully saturated rings. The van der Waals surface area contributed by atoms with Gasteiger partial charge in [-0.25, -0.2) is 0 Å². The van der Waals surface area contributed by atoms with Gasteiger partial charge in [0, 0.05) is 6.20 Å². The third-order valence-corrected chi connectivity index (χ3v) is 2.28. The maximum atomic E-state index is 4.23. The predicted octanol–water partition coefficient (Wildman–Crippen LogP) is 2.48. The minimum atomic E-state index is 1.05. The summed E-state index contributed by atoms with van der Waals surface area (Å²) >= 11 is 2.25. The molecule has 1 N–H and O–H groups in total. The molecule has 0 spiro atoms. The molecule has 0 bridgehead atoms. The number of fused-ring (bicyclic) bond motifs is 1. The fraction of sp³-hybridized carbons (Fsp3) is 0.125. The van der Waals surface area contributed by atoms with E-state index in [-0.39, 0.29) is 0 Å². The first-order valence-electron chi connectivity index (χ1n) is 3.37. The van der Waals surface area contributed by atoms with Gasteiger partial charge in [0.2, 0.25) is 0 Å². The van der Waals surface area contributed by atoms with Crippen LogP contribution < -0.4 is 0 Å². The van der Waals surface area contributed by atoms with E-state index in [2.05, 4.69) is 39.5 Å². The van der Waals surface area contributed by atoms with Crippen molar-refractivity contribution in [3.05, 3.63) is 27.6 Å². The molecule has 0 saturated carbocycles. The summed E-state index contributed by atoms with van der Waals surface area (Å²) in [5.74, 6) is 0. The van der Waals surface area contributed by atoms with Gasteiger partial charge in [-0.1, -0.05) is 0 Å². The van der Waals surface area contributed by atoms with Crippen molar-refractivity contribution in [2.75, 3.05) is 0 Å². The Morgan fingerprint density at radius 3 is 3.09 bits per heavy atom. The molecule has 0 aliphatic rings. The molecule has 2 nitrogen and oxygen atoms in total. The number of H-pyrrole nitrogens is 1. The van der Waals surface area contributed by atoms with Crippen molar-refractivity contribution < 1.29 is 0 Å². The summed E-state index contributed by atoms with van der Waals surface area (Å²) in [6.07, 6.45) is 1.83.